The highest BCUT2D eigenvalue weighted by Crippen LogP contribution is 2.34. The Morgan fingerprint density at radius 2 is 2.16 bits per heavy atom. The Labute approximate surface area is 120 Å². The summed E-state index contributed by atoms with van der Waals surface area (Å²) in [4.78, 5) is 0. The van der Waals surface area contributed by atoms with Crippen LogP contribution in [0.1, 0.15) is 35.8 Å². The summed E-state index contributed by atoms with van der Waals surface area (Å²) in [5, 5.41) is 0. The van der Waals surface area contributed by atoms with E-state index < -0.39 is 0 Å². The predicted octanol–water partition coefficient (Wildman–Crippen LogP) is 4.02. The van der Waals surface area contributed by atoms with Crippen LogP contribution >= 0.6 is 15.9 Å². The summed E-state index contributed by atoms with van der Waals surface area (Å²) in [6, 6.07) is 7.02. The van der Waals surface area contributed by atoms with Crippen LogP contribution in [0, 0.1) is 12.7 Å². The van der Waals surface area contributed by atoms with E-state index in [0.717, 1.165) is 35.1 Å². The summed E-state index contributed by atoms with van der Waals surface area (Å²) in [6.07, 6.45) is 3.12. The number of hydrogen-bond donors (Lipinski definition) is 1. The van der Waals surface area contributed by atoms with Crippen molar-refractivity contribution in [1.29, 1.82) is 0 Å². The van der Waals surface area contributed by atoms with Gasteiger partial charge in [0, 0.05) is 21.9 Å². The Bertz CT molecular complexity index is 633. The molecular weight excluding hydrogens is 307 g/mol. The molecule has 2 N–H and O–H groups in total. The van der Waals surface area contributed by atoms with Gasteiger partial charge in [-0.25, -0.2) is 4.39 Å². The van der Waals surface area contributed by atoms with Crippen molar-refractivity contribution in [3.8, 4) is 5.69 Å². The number of aromatic nitrogens is 1. The molecule has 3 rings (SSSR count). The average molecular weight is 323 g/mol. The van der Waals surface area contributed by atoms with Crippen LogP contribution in [0.3, 0.4) is 0 Å². The second-order valence-electron chi connectivity index (χ2n) is 5.12. The molecule has 1 unspecified atom stereocenters. The van der Waals surface area contributed by atoms with E-state index in [-0.39, 0.29) is 11.9 Å². The summed E-state index contributed by atoms with van der Waals surface area (Å²) in [5.41, 5.74) is 10.6. The van der Waals surface area contributed by atoms with Crippen LogP contribution in [0.2, 0.25) is 0 Å². The lowest BCUT2D eigenvalue weighted by Crippen LogP contribution is -2.18. The van der Waals surface area contributed by atoms with Crippen molar-refractivity contribution in [2.45, 2.75) is 32.2 Å². The van der Waals surface area contributed by atoms with Crippen LogP contribution in [0.5, 0.6) is 0 Å². The van der Waals surface area contributed by atoms with E-state index in [4.69, 9.17) is 5.73 Å². The quantitative estimate of drug-likeness (QED) is 0.844. The van der Waals surface area contributed by atoms with Crippen molar-refractivity contribution in [3.05, 3.63) is 51.5 Å². The molecular formula is C15H16BrFN2. The Morgan fingerprint density at radius 3 is 2.95 bits per heavy atom. The minimum Gasteiger partial charge on any atom is -0.324 e. The van der Waals surface area contributed by atoms with E-state index in [1.54, 1.807) is 12.1 Å². The van der Waals surface area contributed by atoms with Gasteiger partial charge in [0.25, 0.3) is 0 Å². The van der Waals surface area contributed by atoms with Gasteiger partial charge < -0.3 is 10.3 Å². The minimum absolute atomic E-state index is 0.107. The lowest BCUT2D eigenvalue weighted by molar-refractivity contribution is 0.559. The largest absolute Gasteiger partial charge is 0.324 e. The van der Waals surface area contributed by atoms with E-state index in [9.17, 15) is 4.39 Å². The Morgan fingerprint density at radius 1 is 1.37 bits per heavy atom. The fourth-order valence-corrected chi connectivity index (χ4v) is 3.35. The molecule has 4 heteroatoms. The van der Waals surface area contributed by atoms with Crippen molar-refractivity contribution in [3.63, 3.8) is 0 Å². The molecule has 0 saturated heterocycles. The van der Waals surface area contributed by atoms with E-state index in [1.807, 2.05) is 6.92 Å². The molecule has 0 aliphatic heterocycles. The standard InChI is InChI=1S/C15H16BrFN2/c1-9-7-11-13(18)3-2-4-14(11)19(9)15-8-10(17)5-6-12(15)16/h5-8,13H,2-4,18H2,1H3. The first-order valence-corrected chi connectivity index (χ1v) is 7.29. The third kappa shape index (κ3) is 2.13. The zero-order chi connectivity index (χ0) is 13.6. The highest BCUT2D eigenvalue weighted by atomic mass is 79.9. The number of hydrogen-bond acceptors (Lipinski definition) is 1. The lowest BCUT2D eigenvalue weighted by Gasteiger charge is -2.21. The maximum atomic E-state index is 13.5. The fourth-order valence-electron chi connectivity index (χ4n) is 2.93. The van der Waals surface area contributed by atoms with Gasteiger partial charge in [0.15, 0.2) is 0 Å². The topological polar surface area (TPSA) is 30.9 Å². The molecule has 0 spiro atoms. The highest BCUT2D eigenvalue weighted by Gasteiger charge is 2.23. The van der Waals surface area contributed by atoms with Gasteiger partial charge in [-0.3, -0.25) is 0 Å². The second kappa shape index (κ2) is 4.76. The molecule has 0 radical (unpaired) electrons. The molecule has 1 aliphatic rings. The number of benzene rings is 1. The number of aryl methyl sites for hydroxylation is 1. The summed E-state index contributed by atoms with van der Waals surface area (Å²) in [7, 11) is 0. The molecule has 1 aliphatic carbocycles. The number of halogens is 2. The number of nitrogens with two attached hydrogens (primary N) is 1. The normalized spacial score (nSPS) is 18.4. The van der Waals surface area contributed by atoms with Gasteiger partial charge in [-0.05, 0) is 71.9 Å². The fraction of sp³-hybridized carbons (Fsp3) is 0.333. The third-order valence-corrected chi connectivity index (χ3v) is 4.47. The van der Waals surface area contributed by atoms with Crippen LogP contribution in [-0.2, 0) is 6.42 Å². The molecule has 1 atom stereocenters. The van der Waals surface area contributed by atoms with Gasteiger partial charge in [-0.1, -0.05) is 0 Å². The van der Waals surface area contributed by atoms with Crippen molar-refractivity contribution in [2.75, 3.05) is 0 Å². The van der Waals surface area contributed by atoms with Crippen LogP contribution in [0.15, 0.2) is 28.7 Å². The summed E-state index contributed by atoms with van der Waals surface area (Å²) in [5.74, 6) is -0.222. The first kappa shape index (κ1) is 12.9. The average Bonchev–Trinajstić information content (AvgIpc) is 2.70. The van der Waals surface area contributed by atoms with Crippen molar-refractivity contribution in [1.82, 2.24) is 4.57 Å². The molecule has 0 bridgehead atoms. The van der Waals surface area contributed by atoms with Crippen molar-refractivity contribution < 1.29 is 4.39 Å². The summed E-state index contributed by atoms with van der Waals surface area (Å²) < 4.78 is 16.5. The molecule has 1 aromatic carbocycles. The SMILES string of the molecule is Cc1cc2c(n1-c1cc(F)ccc1Br)CCCC2N. The molecule has 2 nitrogen and oxygen atoms in total. The van der Waals surface area contributed by atoms with Crippen LogP contribution in [-0.4, -0.2) is 4.57 Å². The van der Waals surface area contributed by atoms with E-state index >= 15 is 0 Å². The van der Waals surface area contributed by atoms with Crippen LogP contribution in [0.25, 0.3) is 5.69 Å². The maximum absolute atomic E-state index is 13.5. The summed E-state index contributed by atoms with van der Waals surface area (Å²) in [6.45, 7) is 2.04. The Hall–Kier alpha value is -1.13. The monoisotopic (exact) mass is 322 g/mol. The first-order chi connectivity index (χ1) is 9.08. The number of rotatable bonds is 1. The van der Waals surface area contributed by atoms with Gasteiger partial charge in [0.05, 0.1) is 5.69 Å². The van der Waals surface area contributed by atoms with Gasteiger partial charge >= 0.3 is 0 Å². The second-order valence-corrected chi connectivity index (χ2v) is 5.97. The first-order valence-electron chi connectivity index (χ1n) is 6.50. The molecule has 100 valence electrons. The Kier molecular flexibility index (Phi) is 3.23. The number of fused-ring (bicyclic) bond motifs is 1. The third-order valence-electron chi connectivity index (χ3n) is 3.80. The molecule has 0 amide bonds. The molecule has 1 aromatic heterocycles. The molecule has 2 aromatic rings. The summed E-state index contributed by atoms with van der Waals surface area (Å²) >= 11 is 3.51. The van der Waals surface area contributed by atoms with E-state index in [2.05, 4.69) is 26.6 Å². The van der Waals surface area contributed by atoms with Gasteiger partial charge in [-0.2, -0.15) is 0 Å². The Balaban J connectivity index is 2.23. The maximum Gasteiger partial charge on any atom is 0.125 e. The van der Waals surface area contributed by atoms with Gasteiger partial charge in [-0.15, -0.1) is 0 Å². The van der Waals surface area contributed by atoms with Gasteiger partial charge in [0.1, 0.15) is 5.82 Å². The van der Waals surface area contributed by atoms with E-state index in [1.165, 1.54) is 17.3 Å². The predicted molar refractivity (Wildman–Crippen MR) is 78.0 cm³/mol. The number of nitrogens with zero attached hydrogens (tertiary/aromatic N) is 1. The minimum atomic E-state index is -0.222. The zero-order valence-electron chi connectivity index (χ0n) is 10.8. The van der Waals surface area contributed by atoms with Crippen molar-refractivity contribution >= 4 is 15.9 Å². The highest BCUT2D eigenvalue weighted by molar-refractivity contribution is 9.10. The molecule has 1 heterocycles. The molecule has 0 fully saturated rings. The zero-order valence-corrected chi connectivity index (χ0v) is 12.4. The van der Waals surface area contributed by atoms with Crippen LogP contribution < -0.4 is 5.73 Å². The lowest BCUT2D eigenvalue weighted by atomic mass is 9.93. The smallest absolute Gasteiger partial charge is 0.125 e. The van der Waals surface area contributed by atoms with Gasteiger partial charge in [0.2, 0.25) is 0 Å². The van der Waals surface area contributed by atoms with Crippen LogP contribution in [0.4, 0.5) is 4.39 Å². The molecule has 0 saturated carbocycles. The molecule has 19 heavy (non-hydrogen) atoms. The van der Waals surface area contributed by atoms with Crippen molar-refractivity contribution in [2.24, 2.45) is 5.73 Å². The van der Waals surface area contributed by atoms with E-state index in [0.29, 0.717) is 0 Å².